The highest BCUT2D eigenvalue weighted by Gasteiger charge is 2.58. The second-order valence-corrected chi connectivity index (χ2v) is 6.90. The molecule has 0 saturated heterocycles. The SMILES string of the molecule is Cc1ccccc1-n1nc(C)c(CN(C)C(=O)C2(C(=O)O)CC2)c1C. The number of hydrogen-bond donors (Lipinski definition) is 1. The van der Waals surface area contributed by atoms with Gasteiger partial charge in [0.25, 0.3) is 0 Å². The number of carbonyl (C=O) groups excluding carboxylic acids is 1. The van der Waals surface area contributed by atoms with Crippen molar-refractivity contribution in [3.63, 3.8) is 0 Å². The molecule has 132 valence electrons. The highest BCUT2D eigenvalue weighted by Crippen LogP contribution is 2.47. The average Bonchev–Trinajstić information content (AvgIpc) is 3.34. The Hall–Kier alpha value is -2.63. The second-order valence-electron chi connectivity index (χ2n) is 6.90. The van der Waals surface area contributed by atoms with E-state index in [9.17, 15) is 14.7 Å². The van der Waals surface area contributed by atoms with Gasteiger partial charge in [0.1, 0.15) is 5.41 Å². The molecule has 6 nitrogen and oxygen atoms in total. The molecule has 0 radical (unpaired) electrons. The fourth-order valence-electron chi connectivity index (χ4n) is 3.26. The maximum absolute atomic E-state index is 12.5. The molecule has 2 aromatic rings. The second kappa shape index (κ2) is 6.02. The average molecular weight is 341 g/mol. The Kier molecular flexibility index (Phi) is 4.14. The van der Waals surface area contributed by atoms with Crippen molar-refractivity contribution < 1.29 is 14.7 Å². The van der Waals surface area contributed by atoms with E-state index in [4.69, 9.17) is 0 Å². The molecule has 1 saturated carbocycles. The predicted molar refractivity (Wildman–Crippen MR) is 93.6 cm³/mol. The van der Waals surface area contributed by atoms with Gasteiger partial charge in [-0.2, -0.15) is 5.10 Å². The number of rotatable bonds is 5. The third kappa shape index (κ3) is 2.81. The van der Waals surface area contributed by atoms with E-state index in [1.54, 1.807) is 7.05 Å². The van der Waals surface area contributed by atoms with Gasteiger partial charge in [0.05, 0.1) is 11.4 Å². The van der Waals surface area contributed by atoms with Crippen molar-refractivity contribution in [1.82, 2.24) is 14.7 Å². The molecule has 0 aliphatic heterocycles. The summed E-state index contributed by atoms with van der Waals surface area (Å²) in [5.41, 5.74) is 3.69. The number of aromatic nitrogens is 2. The van der Waals surface area contributed by atoms with Gasteiger partial charge in [-0.3, -0.25) is 9.59 Å². The van der Waals surface area contributed by atoms with Crippen LogP contribution in [0.4, 0.5) is 0 Å². The number of aliphatic carboxylic acids is 1. The number of amides is 1. The third-order valence-corrected chi connectivity index (χ3v) is 5.10. The van der Waals surface area contributed by atoms with Gasteiger partial charge in [0, 0.05) is 24.8 Å². The smallest absolute Gasteiger partial charge is 0.319 e. The lowest BCUT2D eigenvalue weighted by Gasteiger charge is -2.21. The molecular formula is C19H23N3O3. The number of para-hydroxylation sites is 1. The molecule has 0 atom stereocenters. The summed E-state index contributed by atoms with van der Waals surface area (Å²) in [7, 11) is 1.66. The molecule has 1 aliphatic carbocycles. The van der Waals surface area contributed by atoms with Crippen molar-refractivity contribution in [2.75, 3.05) is 7.05 Å². The van der Waals surface area contributed by atoms with Crippen molar-refractivity contribution >= 4 is 11.9 Å². The monoisotopic (exact) mass is 341 g/mol. The highest BCUT2D eigenvalue weighted by molar-refractivity contribution is 6.04. The number of carboxylic acid groups (broad SMARTS) is 1. The number of nitrogens with zero attached hydrogens (tertiary/aromatic N) is 3. The van der Waals surface area contributed by atoms with E-state index in [0.717, 1.165) is 28.2 Å². The number of hydrogen-bond acceptors (Lipinski definition) is 3. The largest absolute Gasteiger partial charge is 0.480 e. The van der Waals surface area contributed by atoms with Gasteiger partial charge in [-0.05, 0) is 45.2 Å². The van der Waals surface area contributed by atoms with Crippen LogP contribution in [0.3, 0.4) is 0 Å². The molecule has 25 heavy (non-hydrogen) atoms. The van der Waals surface area contributed by atoms with E-state index in [1.807, 2.05) is 49.7 Å². The fraction of sp³-hybridized carbons (Fsp3) is 0.421. The quantitative estimate of drug-likeness (QED) is 0.848. The van der Waals surface area contributed by atoms with E-state index < -0.39 is 11.4 Å². The van der Waals surface area contributed by atoms with E-state index in [2.05, 4.69) is 5.10 Å². The zero-order chi connectivity index (χ0) is 18.4. The number of carboxylic acids is 1. The van der Waals surface area contributed by atoms with Crippen LogP contribution in [0.25, 0.3) is 5.69 Å². The Labute approximate surface area is 147 Å². The molecule has 0 bridgehead atoms. The van der Waals surface area contributed by atoms with Crippen LogP contribution in [0, 0.1) is 26.2 Å². The maximum Gasteiger partial charge on any atom is 0.319 e. The Balaban J connectivity index is 1.88. The third-order valence-electron chi connectivity index (χ3n) is 5.10. The summed E-state index contributed by atoms with van der Waals surface area (Å²) < 4.78 is 1.89. The van der Waals surface area contributed by atoms with Gasteiger partial charge in [-0.1, -0.05) is 18.2 Å². The minimum atomic E-state index is -1.21. The summed E-state index contributed by atoms with van der Waals surface area (Å²) in [5, 5.41) is 13.9. The van der Waals surface area contributed by atoms with Crippen LogP contribution in [0.15, 0.2) is 24.3 Å². The molecule has 1 aromatic heterocycles. The van der Waals surface area contributed by atoms with E-state index >= 15 is 0 Å². The fourth-order valence-corrected chi connectivity index (χ4v) is 3.26. The van der Waals surface area contributed by atoms with Gasteiger partial charge in [0.2, 0.25) is 5.91 Å². The van der Waals surface area contributed by atoms with Crippen LogP contribution in [0.1, 0.15) is 35.4 Å². The van der Waals surface area contributed by atoms with Crippen LogP contribution >= 0.6 is 0 Å². The first-order valence-corrected chi connectivity index (χ1v) is 8.38. The first-order chi connectivity index (χ1) is 11.8. The van der Waals surface area contributed by atoms with E-state index in [0.29, 0.717) is 19.4 Å². The molecule has 1 fully saturated rings. The van der Waals surface area contributed by atoms with E-state index in [1.165, 1.54) is 4.90 Å². The lowest BCUT2D eigenvalue weighted by atomic mass is 10.1. The van der Waals surface area contributed by atoms with Gasteiger partial charge >= 0.3 is 5.97 Å². The van der Waals surface area contributed by atoms with E-state index in [-0.39, 0.29) is 5.91 Å². The molecule has 0 spiro atoms. The number of carbonyl (C=O) groups is 2. The Morgan fingerprint density at radius 2 is 1.88 bits per heavy atom. The Morgan fingerprint density at radius 1 is 1.24 bits per heavy atom. The zero-order valence-electron chi connectivity index (χ0n) is 15.0. The maximum atomic E-state index is 12.5. The van der Waals surface area contributed by atoms with Crippen LogP contribution in [0.2, 0.25) is 0 Å². The molecule has 1 amide bonds. The van der Waals surface area contributed by atoms with Crippen LogP contribution in [0.5, 0.6) is 0 Å². The summed E-state index contributed by atoms with van der Waals surface area (Å²) in [5.74, 6) is -1.34. The van der Waals surface area contributed by atoms with Gasteiger partial charge in [0.15, 0.2) is 0 Å². The summed E-state index contributed by atoms with van der Waals surface area (Å²) in [6.45, 7) is 6.28. The Bertz CT molecular complexity index is 850. The number of aryl methyl sites for hydroxylation is 2. The molecule has 1 aromatic carbocycles. The minimum Gasteiger partial charge on any atom is -0.480 e. The van der Waals surface area contributed by atoms with Crippen LogP contribution < -0.4 is 0 Å². The first-order valence-electron chi connectivity index (χ1n) is 8.38. The standard InChI is InChI=1S/C19H23N3O3/c1-12-7-5-6-8-16(12)22-14(3)15(13(2)20-22)11-21(4)17(23)19(9-10-19)18(24)25/h5-8H,9-11H2,1-4H3,(H,24,25). The highest BCUT2D eigenvalue weighted by atomic mass is 16.4. The first kappa shape index (κ1) is 17.2. The summed E-state index contributed by atoms with van der Waals surface area (Å²) in [6.07, 6.45) is 0.845. The summed E-state index contributed by atoms with van der Waals surface area (Å²) in [4.78, 5) is 25.4. The lowest BCUT2D eigenvalue weighted by Crippen LogP contribution is -2.38. The van der Waals surface area contributed by atoms with Crippen molar-refractivity contribution in [3.05, 3.63) is 46.8 Å². The van der Waals surface area contributed by atoms with Gasteiger partial charge in [-0.15, -0.1) is 0 Å². The molecule has 0 unspecified atom stereocenters. The molecule has 3 rings (SSSR count). The normalized spacial score (nSPS) is 15.0. The Morgan fingerprint density at radius 3 is 2.44 bits per heavy atom. The number of benzene rings is 1. The van der Waals surface area contributed by atoms with Crippen molar-refractivity contribution in [2.45, 2.75) is 40.2 Å². The van der Waals surface area contributed by atoms with Crippen molar-refractivity contribution in [2.24, 2.45) is 5.41 Å². The lowest BCUT2D eigenvalue weighted by molar-refractivity contribution is -0.153. The predicted octanol–water partition coefficient (Wildman–Crippen LogP) is 2.62. The van der Waals surface area contributed by atoms with Gasteiger partial charge < -0.3 is 10.0 Å². The summed E-state index contributed by atoms with van der Waals surface area (Å²) in [6, 6.07) is 8.00. The molecular weight excluding hydrogens is 318 g/mol. The van der Waals surface area contributed by atoms with Crippen LogP contribution in [-0.4, -0.2) is 38.7 Å². The topological polar surface area (TPSA) is 75.4 Å². The summed E-state index contributed by atoms with van der Waals surface area (Å²) >= 11 is 0. The van der Waals surface area contributed by atoms with Crippen molar-refractivity contribution in [3.8, 4) is 5.69 Å². The molecule has 6 heteroatoms. The van der Waals surface area contributed by atoms with Crippen LogP contribution in [-0.2, 0) is 16.1 Å². The van der Waals surface area contributed by atoms with Gasteiger partial charge in [-0.25, -0.2) is 4.68 Å². The molecule has 1 N–H and O–H groups in total. The molecule has 1 heterocycles. The zero-order valence-corrected chi connectivity index (χ0v) is 15.0. The minimum absolute atomic E-state index is 0.317. The molecule has 1 aliphatic rings. The van der Waals surface area contributed by atoms with Crippen molar-refractivity contribution in [1.29, 1.82) is 0 Å².